The molecule has 0 aliphatic rings. The van der Waals surface area contributed by atoms with Crippen LogP contribution >= 0.6 is 11.3 Å². The monoisotopic (exact) mass is 303 g/mol. The van der Waals surface area contributed by atoms with Crippen molar-refractivity contribution >= 4 is 22.9 Å². The van der Waals surface area contributed by atoms with E-state index in [0.29, 0.717) is 22.0 Å². The van der Waals surface area contributed by atoms with Gasteiger partial charge in [-0.05, 0) is 18.4 Å². The second-order valence-electron chi connectivity index (χ2n) is 5.87. The molecule has 1 amide bonds. The summed E-state index contributed by atoms with van der Waals surface area (Å²) in [5, 5.41) is 15.8. The molecule has 0 atom stereocenters. The lowest BCUT2D eigenvalue weighted by atomic mass is 9.94. The zero-order chi connectivity index (χ0) is 15.6. The molecule has 1 N–H and O–H groups in total. The molecular formula is C15H17N3O2S. The first-order valence-electron chi connectivity index (χ1n) is 6.56. The van der Waals surface area contributed by atoms with Crippen LogP contribution in [-0.4, -0.2) is 11.1 Å². The van der Waals surface area contributed by atoms with Crippen molar-refractivity contribution in [2.24, 2.45) is 0 Å². The van der Waals surface area contributed by atoms with Gasteiger partial charge in [0.2, 0.25) is 5.91 Å². The maximum absolute atomic E-state index is 12.0. The average molecular weight is 303 g/mol. The van der Waals surface area contributed by atoms with Crippen molar-refractivity contribution < 1.29 is 9.32 Å². The minimum Gasteiger partial charge on any atom is -0.361 e. The van der Waals surface area contributed by atoms with Crippen molar-refractivity contribution in [3.63, 3.8) is 0 Å². The quantitative estimate of drug-likeness (QED) is 0.942. The Morgan fingerprint density at radius 3 is 2.71 bits per heavy atom. The number of nitriles is 1. The second-order valence-corrected chi connectivity index (χ2v) is 6.92. The molecule has 0 radical (unpaired) electrons. The van der Waals surface area contributed by atoms with Gasteiger partial charge in [-0.25, -0.2) is 0 Å². The van der Waals surface area contributed by atoms with Crippen LogP contribution in [0.15, 0.2) is 16.7 Å². The largest absolute Gasteiger partial charge is 0.361 e. The van der Waals surface area contributed by atoms with E-state index in [1.54, 1.807) is 13.0 Å². The van der Waals surface area contributed by atoms with E-state index in [1.165, 1.54) is 11.3 Å². The second kappa shape index (κ2) is 5.70. The minimum atomic E-state index is -0.210. The fourth-order valence-electron chi connectivity index (χ4n) is 1.80. The summed E-state index contributed by atoms with van der Waals surface area (Å²) in [7, 11) is 0. The van der Waals surface area contributed by atoms with Gasteiger partial charge in [0.15, 0.2) is 0 Å². The van der Waals surface area contributed by atoms with Crippen LogP contribution in [-0.2, 0) is 16.6 Å². The Morgan fingerprint density at radius 1 is 1.48 bits per heavy atom. The van der Waals surface area contributed by atoms with Crippen molar-refractivity contribution in [1.29, 1.82) is 5.26 Å². The lowest BCUT2D eigenvalue weighted by molar-refractivity contribution is -0.115. The predicted molar refractivity (Wildman–Crippen MR) is 81.3 cm³/mol. The van der Waals surface area contributed by atoms with Crippen LogP contribution in [0.2, 0.25) is 0 Å². The smallest absolute Gasteiger partial charge is 0.230 e. The number of carbonyl (C=O) groups excluding carboxylic acids is 1. The Balaban J connectivity index is 2.14. The highest BCUT2D eigenvalue weighted by atomic mass is 32.1. The Bertz CT molecular complexity index is 701. The number of hydrogen-bond acceptors (Lipinski definition) is 5. The van der Waals surface area contributed by atoms with Gasteiger partial charge in [-0.3, -0.25) is 4.79 Å². The van der Waals surface area contributed by atoms with Gasteiger partial charge in [-0.1, -0.05) is 25.9 Å². The fraction of sp³-hybridized carbons (Fsp3) is 0.400. The van der Waals surface area contributed by atoms with Crippen molar-refractivity contribution in [3.05, 3.63) is 33.3 Å². The summed E-state index contributed by atoms with van der Waals surface area (Å²) < 4.78 is 4.93. The first-order valence-corrected chi connectivity index (χ1v) is 7.37. The topological polar surface area (TPSA) is 78.9 Å². The zero-order valence-electron chi connectivity index (χ0n) is 12.5. The van der Waals surface area contributed by atoms with Crippen LogP contribution in [0.4, 0.5) is 5.69 Å². The summed E-state index contributed by atoms with van der Waals surface area (Å²) in [6.07, 6.45) is 0.128. The highest BCUT2D eigenvalue weighted by Gasteiger charge is 2.20. The number of rotatable bonds is 3. The Hall–Kier alpha value is -2.13. The fourth-order valence-corrected chi connectivity index (χ4v) is 2.77. The highest BCUT2D eigenvalue weighted by molar-refractivity contribution is 7.13. The van der Waals surface area contributed by atoms with E-state index in [1.807, 2.05) is 6.07 Å². The molecular weight excluding hydrogens is 286 g/mol. The van der Waals surface area contributed by atoms with Crippen molar-refractivity contribution in [2.45, 2.75) is 39.5 Å². The summed E-state index contributed by atoms with van der Waals surface area (Å²) in [4.78, 5) is 13.6. The van der Waals surface area contributed by atoms with Gasteiger partial charge >= 0.3 is 0 Å². The molecule has 5 nitrogen and oxygen atoms in total. The normalized spacial score (nSPS) is 11.2. The SMILES string of the molecule is Cc1cc(CC(=O)Nc2cc(C(C)(C)C)sc2C#N)no1. The molecule has 0 spiro atoms. The van der Waals surface area contributed by atoms with E-state index in [-0.39, 0.29) is 17.7 Å². The van der Waals surface area contributed by atoms with E-state index in [9.17, 15) is 10.1 Å². The number of aromatic nitrogens is 1. The molecule has 2 aromatic heterocycles. The number of nitrogens with zero attached hydrogens (tertiary/aromatic N) is 2. The molecule has 0 unspecified atom stereocenters. The van der Waals surface area contributed by atoms with Gasteiger partial charge in [-0.2, -0.15) is 5.26 Å². The van der Waals surface area contributed by atoms with E-state index in [0.717, 1.165) is 4.88 Å². The maximum Gasteiger partial charge on any atom is 0.230 e. The lowest BCUT2D eigenvalue weighted by Crippen LogP contribution is -2.15. The zero-order valence-corrected chi connectivity index (χ0v) is 13.3. The van der Waals surface area contributed by atoms with Crippen molar-refractivity contribution in [3.8, 4) is 6.07 Å². The Kier molecular flexibility index (Phi) is 4.14. The summed E-state index contributed by atoms with van der Waals surface area (Å²) in [6, 6.07) is 5.72. The first-order chi connectivity index (χ1) is 9.79. The molecule has 2 rings (SSSR count). The predicted octanol–water partition coefficient (Wildman–Crippen LogP) is 3.39. The Labute approximate surface area is 127 Å². The van der Waals surface area contributed by atoms with E-state index < -0.39 is 0 Å². The van der Waals surface area contributed by atoms with Gasteiger partial charge in [0.05, 0.1) is 17.8 Å². The molecule has 0 saturated carbocycles. The van der Waals surface area contributed by atoms with Gasteiger partial charge in [-0.15, -0.1) is 11.3 Å². The van der Waals surface area contributed by atoms with Gasteiger partial charge in [0, 0.05) is 10.9 Å². The number of anilines is 1. The molecule has 0 saturated heterocycles. The summed E-state index contributed by atoms with van der Waals surface area (Å²) in [6.45, 7) is 7.99. The van der Waals surface area contributed by atoms with Gasteiger partial charge < -0.3 is 9.84 Å². The number of aryl methyl sites for hydroxylation is 1. The van der Waals surface area contributed by atoms with Gasteiger partial charge in [0.1, 0.15) is 16.7 Å². The Morgan fingerprint density at radius 2 is 2.19 bits per heavy atom. The highest BCUT2D eigenvalue weighted by Crippen LogP contribution is 2.34. The molecule has 0 bridgehead atoms. The number of thiophene rings is 1. The summed E-state index contributed by atoms with van der Waals surface area (Å²) in [5.41, 5.74) is 1.09. The van der Waals surface area contributed by atoms with Crippen LogP contribution in [0, 0.1) is 18.3 Å². The molecule has 2 heterocycles. The van der Waals surface area contributed by atoms with Crippen LogP contribution in [0.3, 0.4) is 0 Å². The lowest BCUT2D eigenvalue weighted by Gasteiger charge is -2.15. The van der Waals surface area contributed by atoms with Crippen LogP contribution in [0.5, 0.6) is 0 Å². The number of nitrogens with one attached hydrogen (secondary N) is 1. The van der Waals surface area contributed by atoms with Gasteiger partial charge in [0.25, 0.3) is 0 Å². The standard InChI is InChI=1S/C15H17N3O2S/c1-9-5-10(18-20-9)6-14(19)17-11-7-13(15(2,3)4)21-12(11)8-16/h5,7H,6H2,1-4H3,(H,17,19). The molecule has 2 aromatic rings. The summed E-state index contributed by atoms with van der Waals surface area (Å²) >= 11 is 1.41. The van der Waals surface area contributed by atoms with Crippen LogP contribution < -0.4 is 5.32 Å². The molecule has 0 aliphatic carbocycles. The molecule has 0 aliphatic heterocycles. The number of amides is 1. The third-order valence-electron chi connectivity index (χ3n) is 2.87. The molecule has 21 heavy (non-hydrogen) atoms. The first kappa shape index (κ1) is 15.3. The summed E-state index contributed by atoms with van der Waals surface area (Å²) in [5.74, 6) is 0.458. The van der Waals surface area contributed by atoms with Crippen molar-refractivity contribution in [1.82, 2.24) is 5.16 Å². The van der Waals surface area contributed by atoms with E-state index in [2.05, 4.69) is 37.3 Å². The third-order valence-corrected chi connectivity index (χ3v) is 4.33. The number of carbonyl (C=O) groups is 1. The van der Waals surface area contributed by atoms with Crippen LogP contribution in [0.25, 0.3) is 0 Å². The molecule has 0 fully saturated rings. The van der Waals surface area contributed by atoms with E-state index >= 15 is 0 Å². The average Bonchev–Trinajstić information content (AvgIpc) is 2.95. The molecule has 110 valence electrons. The third kappa shape index (κ3) is 3.70. The van der Waals surface area contributed by atoms with Crippen molar-refractivity contribution in [2.75, 3.05) is 5.32 Å². The van der Waals surface area contributed by atoms with E-state index in [4.69, 9.17) is 4.52 Å². The molecule has 0 aromatic carbocycles. The minimum absolute atomic E-state index is 0.0531. The number of hydrogen-bond donors (Lipinski definition) is 1. The van der Waals surface area contributed by atoms with Crippen LogP contribution in [0.1, 0.15) is 42.0 Å². The molecule has 6 heteroatoms. The maximum atomic E-state index is 12.0.